The lowest BCUT2D eigenvalue weighted by atomic mass is 9.90. The first-order valence-corrected chi connectivity index (χ1v) is 8.72. The van der Waals surface area contributed by atoms with Crippen LogP contribution in [0.25, 0.3) is 10.2 Å². The van der Waals surface area contributed by atoms with Crippen LogP contribution in [0.15, 0.2) is 53.6 Å². The van der Waals surface area contributed by atoms with Crippen molar-refractivity contribution in [3.8, 4) is 0 Å². The van der Waals surface area contributed by atoms with Crippen molar-refractivity contribution in [2.45, 2.75) is 12.3 Å². The molecule has 0 fully saturated rings. The normalized spacial score (nSPS) is 17.2. The fraction of sp³-hybridized carbons (Fsp3) is 0.167. The lowest BCUT2D eigenvalue weighted by molar-refractivity contribution is -0.126. The number of carbonyl (C=O) groups is 2. The lowest BCUT2D eigenvalue weighted by Gasteiger charge is -2.23. The van der Waals surface area contributed by atoms with E-state index in [2.05, 4.69) is 15.8 Å². The first-order chi connectivity index (χ1) is 12.1. The number of nitrogens with one attached hydrogen (secondary N) is 2. The quantitative estimate of drug-likeness (QED) is 0.695. The van der Waals surface area contributed by atoms with Crippen molar-refractivity contribution in [2.75, 3.05) is 5.32 Å². The molecule has 1 aromatic heterocycles. The van der Waals surface area contributed by atoms with E-state index < -0.39 is 5.92 Å². The van der Waals surface area contributed by atoms with Crippen molar-refractivity contribution in [1.29, 1.82) is 0 Å². The van der Waals surface area contributed by atoms with Gasteiger partial charge in [-0.3, -0.25) is 9.59 Å². The molecular weight excluding hydrogens is 336 g/mol. The number of aromatic nitrogens is 1. The van der Waals surface area contributed by atoms with Gasteiger partial charge in [-0.25, -0.2) is 5.43 Å². The number of thiazole rings is 1. The van der Waals surface area contributed by atoms with Gasteiger partial charge in [-0.15, -0.1) is 5.10 Å². The molecule has 2 heterocycles. The highest BCUT2D eigenvalue weighted by atomic mass is 32.1. The molecule has 25 heavy (non-hydrogen) atoms. The number of rotatable bonds is 2. The van der Waals surface area contributed by atoms with Crippen molar-refractivity contribution in [2.24, 2.45) is 12.1 Å². The minimum absolute atomic E-state index is 0.122. The van der Waals surface area contributed by atoms with E-state index in [9.17, 15) is 9.59 Å². The molecule has 0 radical (unpaired) electrons. The monoisotopic (exact) mass is 352 g/mol. The number of carbonyl (C=O) groups excluding carboxylic acids is 2. The van der Waals surface area contributed by atoms with E-state index in [0.717, 1.165) is 15.8 Å². The summed E-state index contributed by atoms with van der Waals surface area (Å²) in [7, 11) is 1.91. The summed E-state index contributed by atoms with van der Waals surface area (Å²) in [6.45, 7) is 0. The number of hydrogen-bond acceptors (Lipinski definition) is 4. The summed E-state index contributed by atoms with van der Waals surface area (Å²) >= 11 is 1.50. The number of para-hydroxylation sites is 2. The molecule has 0 saturated heterocycles. The van der Waals surface area contributed by atoms with Crippen LogP contribution in [0.2, 0.25) is 0 Å². The maximum atomic E-state index is 12.6. The van der Waals surface area contributed by atoms with Gasteiger partial charge in [-0.05, 0) is 23.8 Å². The molecular formula is C18H16N4O2S. The van der Waals surface area contributed by atoms with E-state index in [0.29, 0.717) is 10.5 Å². The van der Waals surface area contributed by atoms with Gasteiger partial charge in [-0.1, -0.05) is 41.7 Å². The van der Waals surface area contributed by atoms with Crippen LogP contribution in [0.3, 0.4) is 0 Å². The summed E-state index contributed by atoms with van der Waals surface area (Å²) in [5.74, 6) is -0.973. The zero-order chi connectivity index (χ0) is 17.4. The molecule has 1 aliphatic heterocycles. The number of aryl methyl sites for hydroxylation is 1. The second-order valence-electron chi connectivity index (χ2n) is 5.89. The topological polar surface area (TPSA) is 75.5 Å². The molecule has 0 saturated carbocycles. The Kier molecular flexibility index (Phi) is 3.85. The van der Waals surface area contributed by atoms with Crippen LogP contribution in [-0.4, -0.2) is 16.4 Å². The average Bonchev–Trinajstić information content (AvgIpc) is 2.95. The zero-order valence-electron chi connectivity index (χ0n) is 13.5. The number of amides is 2. The molecule has 1 aliphatic rings. The molecule has 126 valence electrons. The fourth-order valence-corrected chi connectivity index (χ4v) is 3.99. The summed E-state index contributed by atoms with van der Waals surface area (Å²) in [4.78, 5) is 25.2. The highest BCUT2D eigenvalue weighted by Crippen LogP contribution is 2.31. The van der Waals surface area contributed by atoms with Crippen molar-refractivity contribution in [3.63, 3.8) is 0 Å². The minimum Gasteiger partial charge on any atom is -0.326 e. The van der Waals surface area contributed by atoms with Gasteiger partial charge in [0.25, 0.3) is 0 Å². The van der Waals surface area contributed by atoms with Crippen molar-refractivity contribution in [1.82, 2.24) is 9.99 Å². The Bertz CT molecular complexity index is 1050. The van der Waals surface area contributed by atoms with Crippen LogP contribution in [0, 0.1) is 0 Å². The van der Waals surface area contributed by atoms with Crippen LogP contribution < -0.4 is 15.5 Å². The third-order valence-corrected chi connectivity index (χ3v) is 5.41. The highest BCUT2D eigenvalue weighted by molar-refractivity contribution is 7.16. The number of fused-ring (bicyclic) bond motifs is 2. The molecule has 1 atom stereocenters. The third kappa shape index (κ3) is 2.83. The molecule has 6 nitrogen and oxygen atoms in total. The van der Waals surface area contributed by atoms with Gasteiger partial charge in [0.15, 0.2) is 0 Å². The van der Waals surface area contributed by atoms with Gasteiger partial charge in [0.1, 0.15) is 0 Å². The molecule has 0 bridgehead atoms. The van der Waals surface area contributed by atoms with E-state index in [4.69, 9.17) is 0 Å². The van der Waals surface area contributed by atoms with Gasteiger partial charge in [0.2, 0.25) is 16.6 Å². The SMILES string of the molecule is Cn1/c(=N/NC(=O)C2CC(=O)Nc3ccccc32)sc2ccccc21. The van der Waals surface area contributed by atoms with E-state index in [1.807, 2.05) is 54.1 Å². The summed E-state index contributed by atoms with van der Waals surface area (Å²) in [5.41, 5.74) is 5.19. The Balaban J connectivity index is 1.64. The Hall–Kier alpha value is -2.93. The van der Waals surface area contributed by atoms with E-state index in [1.165, 1.54) is 11.3 Å². The summed E-state index contributed by atoms with van der Waals surface area (Å²) < 4.78 is 3.03. The highest BCUT2D eigenvalue weighted by Gasteiger charge is 2.30. The van der Waals surface area contributed by atoms with Gasteiger partial charge < -0.3 is 9.88 Å². The van der Waals surface area contributed by atoms with Gasteiger partial charge in [0, 0.05) is 19.2 Å². The number of benzene rings is 2. The molecule has 4 rings (SSSR count). The molecule has 0 aliphatic carbocycles. The predicted molar refractivity (Wildman–Crippen MR) is 96.9 cm³/mol. The van der Waals surface area contributed by atoms with Gasteiger partial charge in [0.05, 0.1) is 16.1 Å². The van der Waals surface area contributed by atoms with E-state index in [-0.39, 0.29) is 18.2 Å². The molecule has 2 aromatic carbocycles. The zero-order valence-corrected chi connectivity index (χ0v) is 14.3. The van der Waals surface area contributed by atoms with Gasteiger partial charge >= 0.3 is 0 Å². The summed E-state index contributed by atoms with van der Waals surface area (Å²) in [5, 5.41) is 7.06. The maximum Gasteiger partial charge on any atom is 0.248 e. The van der Waals surface area contributed by atoms with Gasteiger partial charge in [-0.2, -0.15) is 0 Å². The number of nitrogens with zero attached hydrogens (tertiary/aromatic N) is 2. The predicted octanol–water partition coefficient (Wildman–Crippen LogP) is 2.30. The number of hydrogen-bond donors (Lipinski definition) is 2. The van der Waals surface area contributed by atoms with Crippen LogP contribution in [0.5, 0.6) is 0 Å². The maximum absolute atomic E-state index is 12.6. The standard InChI is InChI=1S/C18H16N4O2S/c1-22-14-8-4-5-9-15(14)25-18(22)21-20-17(24)12-10-16(23)19-13-7-3-2-6-11(12)13/h2-9,12H,10H2,1H3,(H,19,23)(H,20,24)/b21-18-. The molecule has 2 amide bonds. The average molecular weight is 352 g/mol. The Morgan fingerprint density at radius 2 is 2.00 bits per heavy atom. The summed E-state index contributed by atoms with van der Waals surface area (Å²) in [6.07, 6.45) is 0.122. The Morgan fingerprint density at radius 3 is 2.84 bits per heavy atom. The largest absolute Gasteiger partial charge is 0.326 e. The second-order valence-corrected chi connectivity index (χ2v) is 6.90. The van der Waals surface area contributed by atoms with Crippen LogP contribution in [-0.2, 0) is 16.6 Å². The first-order valence-electron chi connectivity index (χ1n) is 7.90. The van der Waals surface area contributed by atoms with Crippen LogP contribution in [0.1, 0.15) is 17.9 Å². The molecule has 1 unspecified atom stereocenters. The van der Waals surface area contributed by atoms with E-state index >= 15 is 0 Å². The molecule has 0 spiro atoms. The fourth-order valence-electron chi connectivity index (χ4n) is 3.01. The molecule has 3 aromatic rings. The number of anilines is 1. The van der Waals surface area contributed by atoms with E-state index in [1.54, 1.807) is 6.07 Å². The minimum atomic E-state index is -0.534. The van der Waals surface area contributed by atoms with Crippen LogP contribution in [0.4, 0.5) is 5.69 Å². The Labute approximate surface area is 147 Å². The van der Waals surface area contributed by atoms with Crippen molar-refractivity contribution >= 4 is 39.1 Å². The second kappa shape index (κ2) is 6.18. The Morgan fingerprint density at radius 1 is 1.24 bits per heavy atom. The molecule has 2 N–H and O–H groups in total. The first kappa shape index (κ1) is 15.6. The van der Waals surface area contributed by atoms with Crippen molar-refractivity contribution < 1.29 is 9.59 Å². The van der Waals surface area contributed by atoms with Crippen LogP contribution >= 0.6 is 11.3 Å². The lowest BCUT2D eigenvalue weighted by Crippen LogP contribution is -2.34. The molecule has 7 heteroatoms. The third-order valence-electron chi connectivity index (χ3n) is 4.29. The summed E-state index contributed by atoms with van der Waals surface area (Å²) in [6, 6.07) is 15.3. The smallest absolute Gasteiger partial charge is 0.248 e. The van der Waals surface area contributed by atoms with Crippen molar-refractivity contribution in [3.05, 3.63) is 58.9 Å².